The third kappa shape index (κ3) is 3.22. The Morgan fingerprint density at radius 3 is 2.70 bits per heavy atom. The van der Waals surface area contributed by atoms with Crippen LogP contribution in [0.15, 0.2) is 18.2 Å². The highest BCUT2D eigenvalue weighted by molar-refractivity contribution is 5.89. The average molecular weight is 288 g/mol. The van der Waals surface area contributed by atoms with Gasteiger partial charge in [0.1, 0.15) is 0 Å². The van der Waals surface area contributed by atoms with Gasteiger partial charge in [-0.1, -0.05) is 6.07 Å². The Bertz CT molecular complexity index is 517. The number of anilines is 1. The van der Waals surface area contributed by atoms with Crippen molar-refractivity contribution < 1.29 is 23.1 Å². The number of amides is 2. The van der Waals surface area contributed by atoms with E-state index in [0.29, 0.717) is 13.0 Å². The summed E-state index contributed by atoms with van der Waals surface area (Å²) in [5, 5.41) is 11.8. The van der Waals surface area contributed by atoms with Gasteiger partial charge >= 0.3 is 12.2 Å². The smallest absolute Gasteiger partial charge is 0.391 e. The van der Waals surface area contributed by atoms with E-state index in [1.807, 2.05) is 0 Å². The van der Waals surface area contributed by atoms with Crippen LogP contribution in [0.4, 0.5) is 23.7 Å². The highest BCUT2D eigenvalue weighted by Gasteiger charge is 2.33. The highest BCUT2D eigenvalue weighted by atomic mass is 19.4. The fourth-order valence-corrected chi connectivity index (χ4v) is 2.13. The van der Waals surface area contributed by atoms with Crippen molar-refractivity contribution in [3.63, 3.8) is 0 Å². The Labute approximate surface area is 114 Å². The monoisotopic (exact) mass is 288 g/mol. The van der Waals surface area contributed by atoms with Gasteiger partial charge in [0.15, 0.2) is 0 Å². The number of likely N-dealkylation sites (tertiary alicyclic amines) is 1. The molecule has 1 aliphatic heterocycles. The third-order valence-electron chi connectivity index (χ3n) is 3.24. The van der Waals surface area contributed by atoms with E-state index in [9.17, 15) is 23.1 Å². The van der Waals surface area contributed by atoms with Gasteiger partial charge in [-0.3, -0.25) is 0 Å². The molecule has 1 atom stereocenters. The van der Waals surface area contributed by atoms with Crippen LogP contribution in [0.3, 0.4) is 0 Å². The molecule has 1 aliphatic rings. The summed E-state index contributed by atoms with van der Waals surface area (Å²) in [5.74, 6) is 0. The Kier molecular flexibility index (Phi) is 3.89. The molecule has 110 valence electrons. The summed E-state index contributed by atoms with van der Waals surface area (Å²) in [5.41, 5.74) is -0.571. The zero-order chi connectivity index (χ0) is 14.9. The summed E-state index contributed by atoms with van der Waals surface area (Å²) < 4.78 is 38.3. The summed E-state index contributed by atoms with van der Waals surface area (Å²) in [6.45, 7) is 1.96. The summed E-state index contributed by atoms with van der Waals surface area (Å²) in [6.07, 6.45) is -4.53. The van der Waals surface area contributed by atoms with Gasteiger partial charge in [0.05, 0.1) is 11.7 Å². The van der Waals surface area contributed by atoms with Crippen molar-refractivity contribution in [3.05, 3.63) is 29.3 Å². The zero-order valence-corrected chi connectivity index (χ0v) is 10.9. The minimum absolute atomic E-state index is 0.0920. The number of alkyl halides is 3. The molecule has 2 amide bonds. The van der Waals surface area contributed by atoms with Crippen molar-refractivity contribution in [2.45, 2.75) is 25.6 Å². The Morgan fingerprint density at radius 1 is 1.45 bits per heavy atom. The number of aliphatic hydroxyl groups excluding tert-OH is 1. The van der Waals surface area contributed by atoms with Gasteiger partial charge in [-0.25, -0.2) is 4.79 Å². The molecule has 0 bridgehead atoms. The number of aliphatic hydroxyl groups is 1. The van der Waals surface area contributed by atoms with Crippen molar-refractivity contribution >= 4 is 11.7 Å². The molecule has 0 saturated carbocycles. The number of urea groups is 1. The van der Waals surface area contributed by atoms with Gasteiger partial charge in [-0.15, -0.1) is 0 Å². The number of aryl methyl sites for hydroxylation is 1. The Balaban J connectivity index is 2.12. The minimum Gasteiger partial charge on any atom is -0.391 e. The van der Waals surface area contributed by atoms with Crippen LogP contribution < -0.4 is 5.32 Å². The molecule has 0 radical (unpaired) electrons. The fourth-order valence-electron chi connectivity index (χ4n) is 2.13. The minimum atomic E-state index is -4.45. The van der Waals surface area contributed by atoms with Crippen LogP contribution in [0.5, 0.6) is 0 Å². The molecule has 4 nitrogen and oxygen atoms in total. The predicted molar refractivity (Wildman–Crippen MR) is 67.4 cm³/mol. The number of nitrogens with one attached hydrogen (secondary N) is 1. The van der Waals surface area contributed by atoms with E-state index >= 15 is 0 Å². The lowest BCUT2D eigenvalue weighted by Gasteiger charge is -2.18. The number of benzene rings is 1. The maximum absolute atomic E-state index is 12.8. The lowest BCUT2D eigenvalue weighted by Crippen LogP contribution is -2.33. The number of hydrogen-bond donors (Lipinski definition) is 2. The number of carbonyl (C=O) groups excluding carboxylic acids is 1. The van der Waals surface area contributed by atoms with Gasteiger partial charge in [0.25, 0.3) is 0 Å². The van der Waals surface area contributed by atoms with E-state index in [1.54, 1.807) is 0 Å². The summed E-state index contributed by atoms with van der Waals surface area (Å²) in [7, 11) is 0. The van der Waals surface area contributed by atoms with Crippen LogP contribution in [0.1, 0.15) is 17.5 Å². The van der Waals surface area contributed by atoms with Crippen molar-refractivity contribution in [2.24, 2.45) is 0 Å². The maximum atomic E-state index is 12.8. The molecule has 0 aliphatic carbocycles. The Hall–Kier alpha value is -1.76. The molecule has 1 aromatic carbocycles. The van der Waals surface area contributed by atoms with Crippen LogP contribution in [0, 0.1) is 6.92 Å². The second-order valence-electron chi connectivity index (χ2n) is 4.85. The van der Waals surface area contributed by atoms with Crippen molar-refractivity contribution in [3.8, 4) is 0 Å². The number of β-amino-alcohol motifs (C(OH)–C–C–N with tert-alkyl or cyclic N) is 1. The van der Waals surface area contributed by atoms with E-state index in [1.165, 1.54) is 24.0 Å². The number of hydrogen-bond acceptors (Lipinski definition) is 2. The lowest BCUT2D eigenvalue weighted by molar-refractivity contribution is -0.138. The summed E-state index contributed by atoms with van der Waals surface area (Å²) >= 11 is 0. The van der Waals surface area contributed by atoms with Gasteiger partial charge in [-0.05, 0) is 31.0 Å². The van der Waals surface area contributed by atoms with Crippen LogP contribution in [0.25, 0.3) is 0 Å². The van der Waals surface area contributed by atoms with Crippen LogP contribution >= 0.6 is 0 Å². The number of rotatable bonds is 1. The molecule has 1 fully saturated rings. The fraction of sp³-hybridized carbons (Fsp3) is 0.462. The first kappa shape index (κ1) is 14.6. The lowest BCUT2D eigenvalue weighted by atomic mass is 10.1. The first-order valence-corrected chi connectivity index (χ1v) is 6.19. The Morgan fingerprint density at radius 2 is 2.15 bits per heavy atom. The normalized spacial score (nSPS) is 19.2. The van der Waals surface area contributed by atoms with E-state index in [0.717, 1.165) is 6.07 Å². The van der Waals surface area contributed by atoms with Gasteiger partial charge in [0.2, 0.25) is 0 Å². The third-order valence-corrected chi connectivity index (χ3v) is 3.24. The first-order valence-electron chi connectivity index (χ1n) is 6.19. The quantitative estimate of drug-likeness (QED) is 0.834. The zero-order valence-electron chi connectivity index (χ0n) is 10.9. The predicted octanol–water partition coefficient (Wildman–Crippen LogP) is 2.61. The molecule has 7 heteroatoms. The second-order valence-corrected chi connectivity index (χ2v) is 4.85. The second kappa shape index (κ2) is 5.32. The van der Waals surface area contributed by atoms with Crippen LogP contribution in [-0.4, -0.2) is 35.2 Å². The standard InChI is InChI=1S/C13H15F3N2O2/c1-8-2-3-9(6-11(8)13(14,15)16)17-12(20)18-5-4-10(19)7-18/h2-3,6,10,19H,4-5,7H2,1H3,(H,17,20)/t10-/m1/s1. The molecular formula is C13H15F3N2O2. The molecular weight excluding hydrogens is 273 g/mol. The highest BCUT2D eigenvalue weighted by Crippen LogP contribution is 2.33. The van der Waals surface area contributed by atoms with Crippen molar-refractivity contribution in [1.82, 2.24) is 4.90 Å². The average Bonchev–Trinajstić information content (AvgIpc) is 2.77. The van der Waals surface area contributed by atoms with Crippen LogP contribution in [-0.2, 0) is 6.18 Å². The topological polar surface area (TPSA) is 52.6 Å². The van der Waals surface area contributed by atoms with E-state index in [2.05, 4.69) is 5.32 Å². The molecule has 1 heterocycles. The van der Waals surface area contributed by atoms with Crippen molar-refractivity contribution in [1.29, 1.82) is 0 Å². The molecule has 1 aromatic rings. The molecule has 0 unspecified atom stereocenters. The van der Waals surface area contributed by atoms with Crippen LogP contribution in [0.2, 0.25) is 0 Å². The largest absolute Gasteiger partial charge is 0.416 e. The number of nitrogens with zero attached hydrogens (tertiary/aromatic N) is 1. The molecule has 0 aromatic heterocycles. The number of halogens is 3. The SMILES string of the molecule is Cc1ccc(NC(=O)N2CC[C@@H](O)C2)cc1C(F)(F)F. The van der Waals surface area contributed by atoms with Gasteiger partial charge < -0.3 is 15.3 Å². The summed E-state index contributed by atoms with van der Waals surface area (Å²) in [6, 6.07) is 3.16. The van der Waals surface area contributed by atoms with E-state index in [4.69, 9.17) is 0 Å². The van der Waals surface area contributed by atoms with E-state index in [-0.39, 0.29) is 17.8 Å². The van der Waals surface area contributed by atoms with E-state index < -0.39 is 23.9 Å². The molecule has 2 rings (SSSR count). The molecule has 20 heavy (non-hydrogen) atoms. The molecule has 2 N–H and O–H groups in total. The molecule has 1 saturated heterocycles. The maximum Gasteiger partial charge on any atom is 0.416 e. The molecule has 0 spiro atoms. The summed E-state index contributed by atoms with van der Waals surface area (Å²) in [4.78, 5) is 13.2. The van der Waals surface area contributed by atoms with Crippen molar-refractivity contribution in [2.75, 3.05) is 18.4 Å². The van der Waals surface area contributed by atoms with Gasteiger partial charge in [-0.2, -0.15) is 13.2 Å². The van der Waals surface area contributed by atoms with Gasteiger partial charge in [0, 0.05) is 18.8 Å². The first-order chi connectivity index (χ1) is 9.27. The number of carbonyl (C=O) groups is 1.